The fourth-order valence-corrected chi connectivity index (χ4v) is 4.71. The van der Waals surface area contributed by atoms with Crippen LogP contribution in [-0.2, 0) is 15.5 Å². The number of carbonyl (C=O) groups is 2. The fourth-order valence-electron chi connectivity index (χ4n) is 3.69. The lowest BCUT2D eigenvalue weighted by Gasteiger charge is -2.16. The van der Waals surface area contributed by atoms with Gasteiger partial charge in [-0.3, -0.25) is 9.59 Å². The summed E-state index contributed by atoms with van der Waals surface area (Å²) in [5, 5.41) is 9.43. The van der Waals surface area contributed by atoms with Crippen molar-refractivity contribution in [3.63, 3.8) is 0 Å². The topological polar surface area (TPSA) is 54.4 Å². The standard InChI is InChI=1S/C24H24F2O3S/c1-16-14-20(27)19(9-4-2-3-5-11-23(28)29)18(16)12-13-24(25,26)22-15-17-8-6-7-10-21(17)30-22/h2,4,6-8,10,12-13,15,18-19H,1,3,5,9,11,14H2,(H,28,29)/b4-2-,13-12+/t18-,19+/m0/s1. The molecule has 1 N–H and O–H groups in total. The molecule has 1 aliphatic rings. The Morgan fingerprint density at radius 3 is 2.80 bits per heavy atom. The summed E-state index contributed by atoms with van der Waals surface area (Å²) in [6, 6.07) is 8.78. The Bertz CT molecular complexity index is 970. The average molecular weight is 431 g/mol. The molecular formula is C24H24F2O3S. The van der Waals surface area contributed by atoms with E-state index in [1.54, 1.807) is 0 Å². The molecule has 0 spiro atoms. The van der Waals surface area contributed by atoms with Gasteiger partial charge < -0.3 is 5.11 Å². The number of rotatable bonds is 9. The fraction of sp³-hybridized carbons (Fsp3) is 0.333. The van der Waals surface area contributed by atoms with Crippen LogP contribution in [0.1, 0.15) is 37.0 Å². The molecule has 1 saturated carbocycles. The molecule has 3 nitrogen and oxygen atoms in total. The first-order valence-electron chi connectivity index (χ1n) is 9.91. The Hall–Kier alpha value is -2.60. The second-order valence-electron chi connectivity index (χ2n) is 7.56. The minimum absolute atomic E-state index is 0.00927. The van der Waals surface area contributed by atoms with Gasteiger partial charge in [0.1, 0.15) is 5.78 Å². The molecule has 0 saturated heterocycles. The molecule has 6 heteroatoms. The third-order valence-electron chi connectivity index (χ3n) is 5.30. The SMILES string of the molecule is C=C1CC(=O)[C@H](C/C=C\CCCC(=O)O)[C@H]1/C=C/C(F)(F)c1cc2ccccc2s1. The predicted molar refractivity (Wildman–Crippen MR) is 116 cm³/mol. The highest BCUT2D eigenvalue weighted by Gasteiger charge is 2.37. The summed E-state index contributed by atoms with van der Waals surface area (Å²) in [6.07, 6.45) is 7.91. The van der Waals surface area contributed by atoms with Crippen LogP contribution >= 0.6 is 11.3 Å². The van der Waals surface area contributed by atoms with Crippen LogP contribution in [0.25, 0.3) is 10.1 Å². The number of aliphatic carboxylic acids is 1. The van der Waals surface area contributed by atoms with Crippen LogP contribution in [0.2, 0.25) is 0 Å². The lowest BCUT2D eigenvalue weighted by atomic mass is 9.89. The molecule has 30 heavy (non-hydrogen) atoms. The van der Waals surface area contributed by atoms with Crippen LogP contribution in [0.5, 0.6) is 0 Å². The molecule has 0 aliphatic heterocycles. The van der Waals surface area contributed by atoms with Crippen molar-refractivity contribution in [3.8, 4) is 0 Å². The molecule has 2 aromatic rings. The van der Waals surface area contributed by atoms with Crippen molar-refractivity contribution in [2.75, 3.05) is 0 Å². The average Bonchev–Trinajstić information content (AvgIpc) is 3.24. The van der Waals surface area contributed by atoms with Crippen molar-refractivity contribution >= 4 is 33.2 Å². The molecule has 1 fully saturated rings. The second kappa shape index (κ2) is 9.47. The Morgan fingerprint density at radius 2 is 2.07 bits per heavy atom. The number of alkyl halides is 2. The summed E-state index contributed by atoms with van der Waals surface area (Å²) in [6.45, 7) is 3.92. The summed E-state index contributed by atoms with van der Waals surface area (Å²) in [5.74, 6) is -4.76. The van der Waals surface area contributed by atoms with Gasteiger partial charge in [0.25, 0.3) is 0 Å². The molecular weight excluding hydrogens is 406 g/mol. The molecule has 3 rings (SSSR count). The number of carboxylic acid groups (broad SMARTS) is 1. The zero-order chi connectivity index (χ0) is 21.7. The van der Waals surface area contributed by atoms with Crippen LogP contribution in [0.15, 0.2) is 66.8 Å². The van der Waals surface area contributed by atoms with Gasteiger partial charge in [-0.2, -0.15) is 8.78 Å². The van der Waals surface area contributed by atoms with Gasteiger partial charge in [0, 0.05) is 29.4 Å². The Morgan fingerprint density at radius 1 is 1.30 bits per heavy atom. The summed E-state index contributed by atoms with van der Waals surface area (Å²) >= 11 is 1.07. The molecule has 1 aromatic heterocycles. The molecule has 158 valence electrons. The van der Waals surface area contributed by atoms with Crippen LogP contribution in [0.4, 0.5) is 8.78 Å². The van der Waals surface area contributed by atoms with Gasteiger partial charge in [0.2, 0.25) is 0 Å². The zero-order valence-electron chi connectivity index (χ0n) is 16.5. The van der Waals surface area contributed by atoms with Gasteiger partial charge >= 0.3 is 11.9 Å². The van der Waals surface area contributed by atoms with E-state index >= 15 is 0 Å². The normalized spacial score (nSPS) is 20.2. The number of fused-ring (bicyclic) bond motifs is 1. The van der Waals surface area contributed by atoms with Crippen molar-refractivity contribution in [1.29, 1.82) is 0 Å². The number of unbranched alkanes of at least 4 members (excludes halogenated alkanes) is 1. The van der Waals surface area contributed by atoms with Crippen LogP contribution in [0.3, 0.4) is 0 Å². The minimum Gasteiger partial charge on any atom is -0.481 e. The maximum absolute atomic E-state index is 14.8. The smallest absolute Gasteiger partial charge is 0.303 e. The maximum Gasteiger partial charge on any atom is 0.303 e. The number of carboxylic acids is 1. The zero-order valence-corrected chi connectivity index (χ0v) is 17.3. The quantitative estimate of drug-likeness (QED) is 0.364. The first kappa shape index (κ1) is 22.1. The second-order valence-corrected chi connectivity index (χ2v) is 8.64. The number of carbonyl (C=O) groups excluding carboxylic acids is 1. The Labute approximate surface area is 178 Å². The van der Waals surface area contributed by atoms with E-state index in [0.717, 1.165) is 27.5 Å². The number of hydrogen-bond donors (Lipinski definition) is 1. The van der Waals surface area contributed by atoms with E-state index in [0.29, 0.717) is 24.8 Å². The maximum atomic E-state index is 14.8. The first-order valence-corrected chi connectivity index (χ1v) is 10.7. The van der Waals surface area contributed by atoms with Crippen molar-refractivity contribution in [3.05, 3.63) is 71.7 Å². The summed E-state index contributed by atoms with van der Waals surface area (Å²) in [5.41, 5.74) is 0.660. The van der Waals surface area contributed by atoms with E-state index in [2.05, 4.69) is 6.58 Å². The van der Waals surface area contributed by atoms with Gasteiger partial charge in [0.05, 0.1) is 4.88 Å². The first-order chi connectivity index (χ1) is 14.3. The highest BCUT2D eigenvalue weighted by atomic mass is 32.1. The van der Waals surface area contributed by atoms with Gasteiger partial charge in [-0.25, -0.2) is 0 Å². The molecule has 0 unspecified atom stereocenters. The molecule has 1 heterocycles. The van der Waals surface area contributed by atoms with Crippen molar-refractivity contribution in [1.82, 2.24) is 0 Å². The highest BCUT2D eigenvalue weighted by Crippen LogP contribution is 2.41. The number of benzene rings is 1. The van der Waals surface area contributed by atoms with Gasteiger partial charge in [-0.15, -0.1) is 11.3 Å². The van der Waals surface area contributed by atoms with E-state index in [1.807, 2.05) is 36.4 Å². The van der Waals surface area contributed by atoms with Crippen molar-refractivity contribution < 1.29 is 23.5 Å². The number of ketones is 1. The third kappa shape index (κ3) is 5.30. The summed E-state index contributed by atoms with van der Waals surface area (Å²) in [4.78, 5) is 22.8. The van der Waals surface area contributed by atoms with E-state index in [-0.39, 0.29) is 23.5 Å². The monoisotopic (exact) mass is 430 g/mol. The van der Waals surface area contributed by atoms with Crippen molar-refractivity contribution in [2.45, 2.75) is 38.0 Å². The van der Waals surface area contributed by atoms with E-state index in [4.69, 9.17) is 5.11 Å². The highest BCUT2D eigenvalue weighted by molar-refractivity contribution is 7.19. The van der Waals surface area contributed by atoms with Gasteiger partial charge in [-0.1, -0.05) is 48.6 Å². The Kier molecular flexibility index (Phi) is 6.98. The van der Waals surface area contributed by atoms with E-state index in [9.17, 15) is 18.4 Å². The predicted octanol–water partition coefficient (Wildman–Crippen LogP) is 6.51. The number of Topliss-reactive ketones (excluding diaryl/α,β-unsaturated/α-hetero) is 1. The van der Waals surface area contributed by atoms with Crippen LogP contribution in [0, 0.1) is 11.8 Å². The van der Waals surface area contributed by atoms with Gasteiger partial charge in [0.15, 0.2) is 0 Å². The van der Waals surface area contributed by atoms with Crippen LogP contribution in [-0.4, -0.2) is 16.9 Å². The molecule has 0 amide bonds. The largest absolute Gasteiger partial charge is 0.481 e. The molecule has 1 aliphatic carbocycles. The number of hydrogen-bond acceptors (Lipinski definition) is 3. The molecule has 1 aromatic carbocycles. The number of halogens is 2. The van der Waals surface area contributed by atoms with Crippen molar-refractivity contribution in [2.24, 2.45) is 11.8 Å². The molecule has 0 radical (unpaired) electrons. The number of thiophene rings is 1. The molecule has 2 atom stereocenters. The van der Waals surface area contributed by atoms with E-state index in [1.165, 1.54) is 12.1 Å². The van der Waals surface area contributed by atoms with Crippen LogP contribution < -0.4 is 0 Å². The van der Waals surface area contributed by atoms with Gasteiger partial charge in [-0.05, 0) is 42.9 Å². The molecule has 0 bridgehead atoms. The summed E-state index contributed by atoms with van der Waals surface area (Å²) in [7, 11) is 0. The number of allylic oxidation sites excluding steroid dienone is 5. The lowest BCUT2D eigenvalue weighted by molar-refractivity contribution is -0.137. The Balaban J connectivity index is 1.68. The lowest BCUT2D eigenvalue weighted by Crippen LogP contribution is -2.14. The van der Waals surface area contributed by atoms with E-state index < -0.39 is 23.7 Å². The summed E-state index contributed by atoms with van der Waals surface area (Å²) < 4.78 is 30.4. The minimum atomic E-state index is -3.12. The third-order valence-corrected chi connectivity index (χ3v) is 6.51.